The van der Waals surface area contributed by atoms with E-state index < -0.39 is 0 Å². The Labute approximate surface area is 175 Å². The summed E-state index contributed by atoms with van der Waals surface area (Å²) in [5, 5.41) is 0.732. The number of ether oxygens (including phenoxy) is 2. The molecule has 27 heavy (non-hydrogen) atoms. The maximum Gasteiger partial charge on any atom is 0.311 e. The van der Waals surface area contributed by atoms with Gasteiger partial charge in [0.25, 0.3) is 0 Å². The molecule has 0 radical (unpaired) electrons. The molecule has 2 aromatic carbocycles. The molecule has 5 heteroatoms. The minimum absolute atomic E-state index is 0.0867. The van der Waals surface area contributed by atoms with Crippen molar-refractivity contribution in [1.29, 1.82) is 0 Å². The molecule has 0 spiro atoms. The highest BCUT2D eigenvalue weighted by molar-refractivity contribution is 9.10. The van der Waals surface area contributed by atoms with Gasteiger partial charge in [0.05, 0.1) is 11.1 Å². The Balaban J connectivity index is 1.90. The van der Waals surface area contributed by atoms with Crippen LogP contribution in [-0.4, -0.2) is 12.6 Å². The molecular formula is C22H26BrClO3. The quantitative estimate of drug-likeness (QED) is 0.275. The van der Waals surface area contributed by atoms with Gasteiger partial charge in [-0.3, -0.25) is 4.79 Å². The molecule has 0 fully saturated rings. The van der Waals surface area contributed by atoms with Crippen LogP contribution in [0.25, 0.3) is 0 Å². The first-order valence-corrected chi connectivity index (χ1v) is 10.2. The topological polar surface area (TPSA) is 35.5 Å². The third-order valence-electron chi connectivity index (χ3n) is 4.27. The average Bonchev–Trinajstić information content (AvgIpc) is 2.60. The normalized spacial score (nSPS) is 11.4. The number of hydrogen-bond donors (Lipinski definition) is 0. The van der Waals surface area contributed by atoms with Crippen molar-refractivity contribution in [3.8, 4) is 11.5 Å². The zero-order chi connectivity index (χ0) is 20.2. The van der Waals surface area contributed by atoms with E-state index in [9.17, 15) is 4.79 Å². The molecule has 0 amide bonds. The van der Waals surface area contributed by atoms with E-state index in [1.807, 2.05) is 44.2 Å². The van der Waals surface area contributed by atoms with Crippen LogP contribution in [0.15, 0.2) is 34.8 Å². The lowest BCUT2D eigenvalue weighted by atomic mass is 9.86. The molecule has 146 valence electrons. The fourth-order valence-corrected chi connectivity index (χ4v) is 3.44. The highest BCUT2D eigenvalue weighted by Gasteiger charge is 2.20. The lowest BCUT2D eigenvalue weighted by Crippen LogP contribution is -2.16. The van der Waals surface area contributed by atoms with E-state index in [1.165, 1.54) is 0 Å². The Kier molecular flexibility index (Phi) is 7.35. The van der Waals surface area contributed by atoms with Gasteiger partial charge in [-0.25, -0.2) is 0 Å². The van der Waals surface area contributed by atoms with Crippen LogP contribution in [0.5, 0.6) is 11.5 Å². The van der Waals surface area contributed by atoms with Crippen LogP contribution in [0, 0.1) is 13.8 Å². The Morgan fingerprint density at radius 2 is 1.81 bits per heavy atom. The van der Waals surface area contributed by atoms with Gasteiger partial charge in [-0.15, -0.1) is 0 Å². The van der Waals surface area contributed by atoms with E-state index in [0.717, 1.165) is 31.9 Å². The third kappa shape index (κ3) is 5.73. The molecule has 0 atom stereocenters. The van der Waals surface area contributed by atoms with Crippen molar-refractivity contribution >= 4 is 33.5 Å². The Bertz CT molecular complexity index is 825. The zero-order valence-corrected chi connectivity index (χ0v) is 18.8. The predicted octanol–water partition coefficient (Wildman–Crippen LogP) is 6.78. The number of hydrogen-bond acceptors (Lipinski definition) is 3. The van der Waals surface area contributed by atoms with Crippen LogP contribution in [-0.2, 0) is 10.2 Å². The number of para-hydroxylation sites is 1. The number of rotatable bonds is 6. The largest absolute Gasteiger partial charge is 0.492 e. The lowest BCUT2D eigenvalue weighted by Gasteiger charge is -2.22. The van der Waals surface area contributed by atoms with Crippen molar-refractivity contribution < 1.29 is 14.3 Å². The fourth-order valence-electron chi connectivity index (χ4n) is 2.75. The number of halogens is 2. The summed E-state index contributed by atoms with van der Waals surface area (Å²) in [5.41, 5.74) is 2.84. The molecule has 0 unspecified atom stereocenters. The van der Waals surface area contributed by atoms with Crippen molar-refractivity contribution in [3.63, 3.8) is 0 Å². The van der Waals surface area contributed by atoms with Crippen molar-refractivity contribution in [2.45, 2.75) is 52.9 Å². The summed E-state index contributed by atoms with van der Waals surface area (Å²) in [4.78, 5) is 12.2. The van der Waals surface area contributed by atoms with Crippen LogP contribution in [0.4, 0.5) is 0 Å². The van der Waals surface area contributed by atoms with E-state index in [0.29, 0.717) is 25.2 Å². The van der Waals surface area contributed by atoms with E-state index in [4.69, 9.17) is 21.1 Å². The molecule has 0 N–H and O–H groups in total. The van der Waals surface area contributed by atoms with Crippen molar-refractivity contribution in [1.82, 2.24) is 0 Å². The maximum atomic E-state index is 12.2. The van der Waals surface area contributed by atoms with Crippen LogP contribution in [0.1, 0.15) is 50.3 Å². The van der Waals surface area contributed by atoms with Gasteiger partial charge in [-0.2, -0.15) is 0 Å². The van der Waals surface area contributed by atoms with Crippen LogP contribution < -0.4 is 9.47 Å². The Hall–Kier alpha value is -1.52. The lowest BCUT2D eigenvalue weighted by molar-refractivity contribution is -0.134. The van der Waals surface area contributed by atoms with Gasteiger partial charge >= 0.3 is 5.97 Å². The number of aryl methyl sites for hydroxylation is 1. The summed E-state index contributed by atoms with van der Waals surface area (Å²) < 4.78 is 12.2. The van der Waals surface area contributed by atoms with Crippen molar-refractivity contribution in [2.75, 3.05) is 6.61 Å². The number of carbonyl (C=O) groups excluding carboxylic acids is 1. The molecule has 0 saturated carbocycles. The van der Waals surface area contributed by atoms with Crippen LogP contribution in [0.3, 0.4) is 0 Å². The predicted molar refractivity (Wildman–Crippen MR) is 114 cm³/mol. The fraction of sp³-hybridized carbons (Fsp3) is 0.409. The van der Waals surface area contributed by atoms with E-state index in [1.54, 1.807) is 0 Å². The van der Waals surface area contributed by atoms with Gasteiger partial charge in [0.2, 0.25) is 0 Å². The molecule has 0 aromatic heterocycles. The highest BCUT2D eigenvalue weighted by Crippen LogP contribution is 2.36. The molecule has 0 saturated heterocycles. The first kappa shape index (κ1) is 21.8. The second-order valence-corrected chi connectivity index (χ2v) is 8.79. The van der Waals surface area contributed by atoms with Gasteiger partial charge in [0, 0.05) is 17.0 Å². The van der Waals surface area contributed by atoms with Crippen LogP contribution >= 0.6 is 27.5 Å². The number of esters is 1. The molecule has 2 rings (SSSR count). The summed E-state index contributed by atoms with van der Waals surface area (Å²) in [7, 11) is 0. The molecule has 0 aliphatic carbocycles. The van der Waals surface area contributed by atoms with E-state index >= 15 is 0 Å². The summed E-state index contributed by atoms with van der Waals surface area (Å²) in [6, 6.07) is 9.57. The molecule has 0 heterocycles. The zero-order valence-electron chi connectivity index (χ0n) is 16.5. The summed E-state index contributed by atoms with van der Waals surface area (Å²) in [6.45, 7) is 10.6. The Morgan fingerprint density at radius 1 is 1.15 bits per heavy atom. The SMILES string of the molecule is Cc1cc(OCCCC(=O)Oc2ccccc2C(C)(C)C)c(Br)c(C)c1Cl. The van der Waals surface area contributed by atoms with Crippen molar-refractivity contribution in [2.24, 2.45) is 0 Å². The van der Waals surface area contributed by atoms with E-state index in [-0.39, 0.29) is 11.4 Å². The summed E-state index contributed by atoms with van der Waals surface area (Å²) in [6.07, 6.45) is 0.866. The molecule has 0 aliphatic heterocycles. The van der Waals surface area contributed by atoms with Gasteiger partial charge < -0.3 is 9.47 Å². The number of benzene rings is 2. The first-order valence-electron chi connectivity index (χ1n) is 8.99. The average molecular weight is 454 g/mol. The second kappa shape index (κ2) is 9.11. The number of carbonyl (C=O) groups is 1. The monoisotopic (exact) mass is 452 g/mol. The molecule has 0 bridgehead atoms. The standard InChI is InChI=1S/C22H26BrClO3/c1-14-13-18(20(23)15(2)21(14)24)26-12-8-11-19(25)27-17-10-7-6-9-16(17)22(3,4)5/h6-7,9-10,13H,8,11-12H2,1-5H3. The molecule has 0 aliphatic rings. The van der Waals surface area contributed by atoms with Gasteiger partial charge in [0.15, 0.2) is 0 Å². The van der Waals surface area contributed by atoms with Crippen molar-refractivity contribution in [3.05, 3.63) is 56.5 Å². The second-order valence-electron chi connectivity index (χ2n) is 7.62. The smallest absolute Gasteiger partial charge is 0.311 e. The Morgan fingerprint density at radius 3 is 2.48 bits per heavy atom. The summed E-state index contributed by atoms with van der Waals surface area (Å²) in [5.74, 6) is 1.11. The van der Waals surface area contributed by atoms with Gasteiger partial charge in [-0.05, 0) is 64.9 Å². The first-order chi connectivity index (χ1) is 12.6. The van der Waals surface area contributed by atoms with E-state index in [2.05, 4.69) is 36.7 Å². The minimum atomic E-state index is -0.252. The molecule has 2 aromatic rings. The van der Waals surface area contributed by atoms with Crippen LogP contribution in [0.2, 0.25) is 5.02 Å². The van der Waals surface area contributed by atoms with Gasteiger partial charge in [0.1, 0.15) is 11.5 Å². The highest BCUT2D eigenvalue weighted by atomic mass is 79.9. The minimum Gasteiger partial charge on any atom is -0.492 e. The maximum absolute atomic E-state index is 12.2. The molecular weight excluding hydrogens is 428 g/mol. The summed E-state index contributed by atoms with van der Waals surface area (Å²) >= 11 is 9.75. The molecule has 3 nitrogen and oxygen atoms in total. The third-order valence-corrected chi connectivity index (χ3v) is 5.84. The van der Waals surface area contributed by atoms with Gasteiger partial charge in [-0.1, -0.05) is 50.6 Å².